The summed E-state index contributed by atoms with van der Waals surface area (Å²) in [6, 6.07) is 5.99. The average molecular weight is 328 g/mol. The highest BCUT2D eigenvalue weighted by molar-refractivity contribution is 5.76. The van der Waals surface area contributed by atoms with E-state index >= 15 is 0 Å². The predicted octanol–water partition coefficient (Wildman–Crippen LogP) is 2.94. The molecule has 1 N–H and O–H groups in total. The number of aromatic amines is 1. The van der Waals surface area contributed by atoms with Crippen molar-refractivity contribution in [1.82, 2.24) is 20.1 Å². The molecule has 1 atom stereocenters. The Kier molecular flexibility index (Phi) is 5.13. The van der Waals surface area contributed by atoms with Gasteiger partial charge < -0.3 is 9.64 Å². The molecule has 1 aromatic carbocycles. The van der Waals surface area contributed by atoms with E-state index in [0.29, 0.717) is 13.0 Å². The van der Waals surface area contributed by atoms with Crippen molar-refractivity contribution < 1.29 is 9.53 Å². The Morgan fingerprint density at radius 3 is 3.04 bits per heavy atom. The van der Waals surface area contributed by atoms with Crippen molar-refractivity contribution in [3.05, 3.63) is 41.5 Å². The zero-order valence-electron chi connectivity index (χ0n) is 14.3. The van der Waals surface area contributed by atoms with Crippen LogP contribution in [0.3, 0.4) is 0 Å². The number of amides is 1. The smallest absolute Gasteiger partial charge is 0.226 e. The van der Waals surface area contributed by atoms with Crippen molar-refractivity contribution in [2.24, 2.45) is 0 Å². The number of H-pyrrole nitrogens is 1. The average Bonchev–Trinajstić information content (AvgIpc) is 3.13. The number of likely N-dealkylation sites (tertiary alicyclic amines) is 1. The lowest BCUT2D eigenvalue weighted by molar-refractivity contribution is -0.135. The van der Waals surface area contributed by atoms with E-state index in [2.05, 4.69) is 28.2 Å². The van der Waals surface area contributed by atoms with E-state index < -0.39 is 0 Å². The van der Waals surface area contributed by atoms with Gasteiger partial charge >= 0.3 is 0 Å². The van der Waals surface area contributed by atoms with Gasteiger partial charge in [0.05, 0.1) is 19.1 Å². The number of aromatic nitrogens is 3. The van der Waals surface area contributed by atoms with Crippen LogP contribution >= 0.6 is 0 Å². The van der Waals surface area contributed by atoms with Gasteiger partial charge in [-0.15, -0.1) is 0 Å². The third kappa shape index (κ3) is 3.58. The first-order valence-corrected chi connectivity index (χ1v) is 8.50. The molecule has 1 aliphatic rings. The van der Waals surface area contributed by atoms with Crippen molar-refractivity contribution in [3.63, 3.8) is 0 Å². The first-order valence-electron chi connectivity index (χ1n) is 8.50. The molecule has 0 unspecified atom stereocenters. The molecule has 0 aliphatic carbocycles. The monoisotopic (exact) mass is 328 g/mol. The van der Waals surface area contributed by atoms with E-state index in [1.54, 1.807) is 0 Å². The van der Waals surface area contributed by atoms with Crippen LogP contribution in [0, 0.1) is 13.8 Å². The van der Waals surface area contributed by atoms with E-state index in [-0.39, 0.29) is 11.9 Å². The van der Waals surface area contributed by atoms with Crippen molar-refractivity contribution in [1.29, 1.82) is 0 Å². The minimum absolute atomic E-state index is 0.00876. The van der Waals surface area contributed by atoms with Crippen LogP contribution in [0.1, 0.15) is 48.7 Å². The quantitative estimate of drug-likeness (QED) is 0.916. The van der Waals surface area contributed by atoms with Gasteiger partial charge in [-0.3, -0.25) is 9.89 Å². The summed E-state index contributed by atoms with van der Waals surface area (Å²) in [5.74, 6) is 1.74. The van der Waals surface area contributed by atoms with Gasteiger partial charge in [0.15, 0.2) is 0 Å². The molecular formula is C18H24N4O2. The summed E-state index contributed by atoms with van der Waals surface area (Å²) in [6.07, 6.45) is 4.94. The van der Waals surface area contributed by atoms with E-state index in [4.69, 9.17) is 4.74 Å². The normalized spacial score (nSPS) is 17.8. The molecule has 2 heterocycles. The number of aryl methyl sites for hydroxylation is 1. The molecule has 6 nitrogen and oxygen atoms in total. The van der Waals surface area contributed by atoms with E-state index in [9.17, 15) is 4.79 Å². The molecule has 1 saturated heterocycles. The van der Waals surface area contributed by atoms with Gasteiger partial charge in [-0.25, -0.2) is 4.98 Å². The Balaban J connectivity index is 1.58. The summed E-state index contributed by atoms with van der Waals surface area (Å²) in [5.41, 5.74) is 2.32. The molecule has 3 rings (SSSR count). The third-order valence-electron chi connectivity index (χ3n) is 4.70. The molecule has 0 saturated carbocycles. The number of carbonyl (C=O) groups is 1. The maximum Gasteiger partial charge on any atom is 0.226 e. The van der Waals surface area contributed by atoms with E-state index in [1.165, 1.54) is 11.9 Å². The summed E-state index contributed by atoms with van der Waals surface area (Å²) in [5, 5.41) is 6.81. The molecule has 1 fully saturated rings. The molecule has 0 bridgehead atoms. The molecule has 24 heavy (non-hydrogen) atoms. The molecular weight excluding hydrogens is 304 g/mol. The minimum atomic E-state index is 0.00876. The first-order chi connectivity index (χ1) is 11.7. The number of hydrogen-bond donors (Lipinski definition) is 1. The summed E-state index contributed by atoms with van der Waals surface area (Å²) in [4.78, 5) is 18.8. The van der Waals surface area contributed by atoms with Crippen LogP contribution in [0.15, 0.2) is 24.5 Å². The lowest BCUT2D eigenvalue weighted by Gasteiger charge is -2.34. The Morgan fingerprint density at radius 2 is 2.25 bits per heavy atom. The maximum atomic E-state index is 12.6. The molecule has 1 aromatic heterocycles. The Morgan fingerprint density at radius 1 is 1.38 bits per heavy atom. The van der Waals surface area contributed by atoms with Gasteiger partial charge in [0.25, 0.3) is 0 Å². The molecule has 1 amide bonds. The van der Waals surface area contributed by atoms with Crippen LogP contribution in [0.25, 0.3) is 0 Å². The summed E-state index contributed by atoms with van der Waals surface area (Å²) >= 11 is 0. The Hall–Kier alpha value is -2.37. The fourth-order valence-electron chi connectivity index (χ4n) is 3.16. The summed E-state index contributed by atoms with van der Waals surface area (Å²) in [7, 11) is 0. The van der Waals surface area contributed by atoms with Crippen LogP contribution in [-0.2, 0) is 4.79 Å². The van der Waals surface area contributed by atoms with Crippen LogP contribution in [0.5, 0.6) is 5.75 Å². The van der Waals surface area contributed by atoms with Gasteiger partial charge in [-0.2, -0.15) is 5.10 Å². The highest BCUT2D eigenvalue weighted by atomic mass is 16.5. The second kappa shape index (κ2) is 7.47. The third-order valence-corrected chi connectivity index (χ3v) is 4.70. The largest absolute Gasteiger partial charge is 0.493 e. The fraction of sp³-hybridized carbons (Fsp3) is 0.500. The molecule has 6 heteroatoms. The molecule has 0 spiro atoms. The summed E-state index contributed by atoms with van der Waals surface area (Å²) < 4.78 is 5.82. The SMILES string of the molecule is Cc1cccc(OCCC(=O)N2CCCC[C@H]2c2ncn[nH]2)c1C. The number of piperidine rings is 1. The zero-order chi connectivity index (χ0) is 16.9. The van der Waals surface area contributed by atoms with Crippen LogP contribution < -0.4 is 4.74 Å². The van der Waals surface area contributed by atoms with Crippen LogP contribution in [0.4, 0.5) is 0 Å². The Bertz CT molecular complexity index is 684. The summed E-state index contributed by atoms with van der Waals surface area (Å²) in [6.45, 7) is 5.26. The molecule has 0 radical (unpaired) electrons. The first kappa shape index (κ1) is 16.5. The van der Waals surface area contributed by atoms with Crippen molar-refractivity contribution in [2.75, 3.05) is 13.2 Å². The van der Waals surface area contributed by atoms with Gasteiger partial charge in [-0.1, -0.05) is 12.1 Å². The van der Waals surface area contributed by atoms with Crippen molar-refractivity contribution in [2.45, 2.75) is 45.6 Å². The standard InChI is InChI=1S/C18H24N4O2/c1-13-6-5-8-16(14(13)2)24-11-9-17(23)22-10-4-3-7-15(22)18-19-12-20-21-18/h5-6,8,12,15H,3-4,7,9-11H2,1-2H3,(H,19,20,21)/t15-/m0/s1. The highest BCUT2D eigenvalue weighted by Crippen LogP contribution is 2.29. The molecule has 1 aliphatic heterocycles. The number of nitrogens with one attached hydrogen (secondary N) is 1. The topological polar surface area (TPSA) is 71.1 Å². The number of hydrogen-bond acceptors (Lipinski definition) is 4. The number of rotatable bonds is 5. The van der Waals surface area contributed by atoms with Gasteiger partial charge in [-0.05, 0) is 50.3 Å². The van der Waals surface area contributed by atoms with Crippen molar-refractivity contribution in [3.8, 4) is 5.75 Å². The van der Waals surface area contributed by atoms with Crippen molar-refractivity contribution >= 4 is 5.91 Å². The van der Waals surface area contributed by atoms with Gasteiger partial charge in [0, 0.05) is 6.54 Å². The number of nitrogens with zero attached hydrogens (tertiary/aromatic N) is 3. The minimum Gasteiger partial charge on any atom is -0.493 e. The maximum absolute atomic E-state index is 12.6. The Labute approximate surface area is 142 Å². The van der Waals surface area contributed by atoms with Gasteiger partial charge in [0.1, 0.15) is 17.9 Å². The van der Waals surface area contributed by atoms with E-state index in [0.717, 1.165) is 42.9 Å². The number of benzene rings is 1. The molecule has 2 aromatic rings. The van der Waals surface area contributed by atoms with E-state index in [1.807, 2.05) is 24.0 Å². The predicted molar refractivity (Wildman–Crippen MR) is 90.7 cm³/mol. The second-order valence-corrected chi connectivity index (χ2v) is 6.27. The number of ether oxygens (including phenoxy) is 1. The lowest BCUT2D eigenvalue weighted by atomic mass is 10.0. The highest BCUT2D eigenvalue weighted by Gasteiger charge is 2.29. The van der Waals surface area contributed by atoms with Crippen LogP contribution in [0.2, 0.25) is 0 Å². The number of carbonyl (C=O) groups excluding carboxylic acids is 1. The zero-order valence-corrected chi connectivity index (χ0v) is 14.3. The second-order valence-electron chi connectivity index (χ2n) is 6.27. The van der Waals surface area contributed by atoms with Crippen LogP contribution in [-0.4, -0.2) is 39.1 Å². The lowest BCUT2D eigenvalue weighted by Crippen LogP contribution is -2.39. The fourth-order valence-corrected chi connectivity index (χ4v) is 3.16. The molecule has 128 valence electrons. The van der Waals surface area contributed by atoms with Gasteiger partial charge in [0.2, 0.25) is 5.91 Å².